The number of benzene rings is 1. The van der Waals surface area contributed by atoms with E-state index in [4.69, 9.17) is 4.74 Å². The van der Waals surface area contributed by atoms with Gasteiger partial charge in [0.2, 0.25) is 0 Å². The summed E-state index contributed by atoms with van der Waals surface area (Å²) in [6.07, 6.45) is 3.39. The number of halogens is 1. The molecule has 18 heavy (non-hydrogen) atoms. The first-order valence-electron chi connectivity index (χ1n) is 6.86. The van der Waals surface area contributed by atoms with E-state index in [-0.39, 0.29) is 11.7 Å². The summed E-state index contributed by atoms with van der Waals surface area (Å²) in [5.74, 6) is 0.106. The second-order valence-electron chi connectivity index (χ2n) is 4.89. The second kappa shape index (κ2) is 6.86. The quantitative estimate of drug-likeness (QED) is 0.717. The maximum Gasteiger partial charge on any atom is 0.126 e. The lowest BCUT2D eigenvalue weighted by Gasteiger charge is -2.18. The average molecular weight is 251 g/mol. The van der Waals surface area contributed by atoms with Crippen molar-refractivity contribution in [3.05, 3.63) is 35.6 Å². The van der Waals surface area contributed by atoms with Gasteiger partial charge in [0.1, 0.15) is 5.82 Å². The lowest BCUT2D eigenvalue weighted by molar-refractivity contribution is 0.139. The molecule has 0 aromatic heterocycles. The molecule has 2 rings (SSSR count). The van der Waals surface area contributed by atoms with Crippen LogP contribution in [-0.2, 0) is 4.74 Å². The molecule has 3 heteroatoms. The van der Waals surface area contributed by atoms with E-state index in [1.165, 1.54) is 12.8 Å². The van der Waals surface area contributed by atoms with Gasteiger partial charge in [-0.2, -0.15) is 0 Å². The Morgan fingerprint density at radius 3 is 2.83 bits per heavy atom. The first-order valence-corrected chi connectivity index (χ1v) is 6.86. The molecule has 0 bridgehead atoms. The molecule has 0 aliphatic heterocycles. The molecular weight excluding hydrogens is 229 g/mol. The third kappa shape index (κ3) is 4.07. The minimum absolute atomic E-state index is 0.100. The lowest BCUT2D eigenvalue weighted by atomic mass is 9.95. The van der Waals surface area contributed by atoms with Crippen LogP contribution in [0.3, 0.4) is 0 Å². The molecule has 100 valence electrons. The summed E-state index contributed by atoms with van der Waals surface area (Å²) in [6, 6.07) is 7.74. The Bertz CT molecular complexity index is 365. The highest BCUT2D eigenvalue weighted by atomic mass is 19.1. The molecule has 1 atom stereocenters. The van der Waals surface area contributed by atoms with Crippen LogP contribution in [0.2, 0.25) is 0 Å². The van der Waals surface area contributed by atoms with E-state index in [0.717, 1.165) is 25.1 Å². The van der Waals surface area contributed by atoms with Crippen LogP contribution in [0.4, 0.5) is 4.39 Å². The van der Waals surface area contributed by atoms with Gasteiger partial charge in [0, 0.05) is 31.7 Å². The zero-order valence-electron chi connectivity index (χ0n) is 11.0. The maximum absolute atomic E-state index is 13.8. The Balaban J connectivity index is 1.95. The van der Waals surface area contributed by atoms with Crippen molar-refractivity contribution >= 4 is 0 Å². The second-order valence-corrected chi connectivity index (χ2v) is 4.89. The van der Waals surface area contributed by atoms with Gasteiger partial charge in [-0.25, -0.2) is 4.39 Å². The highest BCUT2D eigenvalue weighted by Gasteiger charge is 2.23. The molecule has 1 saturated carbocycles. The van der Waals surface area contributed by atoms with E-state index in [1.807, 2.05) is 19.1 Å². The lowest BCUT2D eigenvalue weighted by Crippen LogP contribution is -2.25. The van der Waals surface area contributed by atoms with E-state index in [9.17, 15) is 4.39 Å². The molecule has 0 spiro atoms. The summed E-state index contributed by atoms with van der Waals surface area (Å²) in [7, 11) is 0. The summed E-state index contributed by atoms with van der Waals surface area (Å²) >= 11 is 0. The third-order valence-electron chi connectivity index (χ3n) is 3.39. The molecule has 0 radical (unpaired) electrons. The maximum atomic E-state index is 13.8. The Kier molecular flexibility index (Phi) is 5.14. The van der Waals surface area contributed by atoms with Crippen molar-refractivity contribution in [3.8, 4) is 0 Å². The molecule has 2 nitrogen and oxygen atoms in total. The highest BCUT2D eigenvalue weighted by molar-refractivity contribution is 5.22. The molecule has 1 unspecified atom stereocenters. The number of rotatable bonds is 8. The van der Waals surface area contributed by atoms with Crippen molar-refractivity contribution in [2.45, 2.75) is 38.1 Å². The van der Waals surface area contributed by atoms with E-state index >= 15 is 0 Å². The Morgan fingerprint density at radius 1 is 1.39 bits per heavy atom. The molecule has 1 N–H and O–H groups in total. The number of ether oxygens (including phenoxy) is 1. The smallest absolute Gasteiger partial charge is 0.126 e. The van der Waals surface area contributed by atoms with Crippen molar-refractivity contribution in [1.29, 1.82) is 0 Å². The molecule has 0 saturated heterocycles. The molecular formula is C15H22FNO. The standard InChI is InChI=1S/C15H22FNO/c1-2-18-10-9-12(11-17-13-7-8-13)14-5-3-4-6-15(14)16/h3-6,12-13,17H,2,7-11H2,1H3. The van der Waals surface area contributed by atoms with Crippen molar-refractivity contribution in [2.75, 3.05) is 19.8 Å². The van der Waals surface area contributed by atoms with Crippen LogP contribution < -0.4 is 5.32 Å². The van der Waals surface area contributed by atoms with Gasteiger partial charge >= 0.3 is 0 Å². The molecule has 1 aliphatic carbocycles. The van der Waals surface area contributed by atoms with E-state index < -0.39 is 0 Å². The third-order valence-corrected chi connectivity index (χ3v) is 3.39. The van der Waals surface area contributed by atoms with Crippen LogP contribution >= 0.6 is 0 Å². The molecule has 1 fully saturated rings. The molecule has 1 aromatic rings. The molecule has 1 aliphatic rings. The normalized spacial score (nSPS) is 16.8. The number of hydrogen-bond donors (Lipinski definition) is 1. The number of hydrogen-bond acceptors (Lipinski definition) is 2. The van der Waals surface area contributed by atoms with Crippen molar-refractivity contribution < 1.29 is 9.13 Å². The fourth-order valence-corrected chi connectivity index (χ4v) is 2.14. The van der Waals surface area contributed by atoms with E-state index in [1.54, 1.807) is 12.1 Å². The molecule has 0 heterocycles. The Labute approximate surface area is 109 Å². The van der Waals surface area contributed by atoms with Gasteiger partial charge in [-0.1, -0.05) is 18.2 Å². The fourth-order valence-electron chi connectivity index (χ4n) is 2.14. The van der Waals surface area contributed by atoms with Gasteiger partial charge in [-0.05, 0) is 37.8 Å². The summed E-state index contributed by atoms with van der Waals surface area (Å²) in [5, 5.41) is 3.49. The minimum atomic E-state index is -0.100. The summed E-state index contributed by atoms with van der Waals surface area (Å²) in [6.45, 7) is 4.25. The van der Waals surface area contributed by atoms with E-state index in [0.29, 0.717) is 12.6 Å². The van der Waals surface area contributed by atoms with Crippen LogP contribution in [0.15, 0.2) is 24.3 Å². The van der Waals surface area contributed by atoms with Gasteiger partial charge in [0.25, 0.3) is 0 Å². The zero-order valence-corrected chi connectivity index (χ0v) is 11.0. The highest BCUT2D eigenvalue weighted by Crippen LogP contribution is 2.25. The average Bonchev–Trinajstić information content (AvgIpc) is 3.19. The van der Waals surface area contributed by atoms with Gasteiger partial charge < -0.3 is 10.1 Å². The van der Waals surface area contributed by atoms with Crippen molar-refractivity contribution in [3.63, 3.8) is 0 Å². The summed E-state index contributed by atoms with van der Waals surface area (Å²) in [5.41, 5.74) is 0.811. The van der Waals surface area contributed by atoms with Crippen LogP contribution in [0.25, 0.3) is 0 Å². The van der Waals surface area contributed by atoms with Crippen LogP contribution in [0.5, 0.6) is 0 Å². The molecule has 0 amide bonds. The zero-order chi connectivity index (χ0) is 12.8. The van der Waals surface area contributed by atoms with Gasteiger partial charge in [0.05, 0.1) is 0 Å². The van der Waals surface area contributed by atoms with Crippen LogP contribution in [-0.4, -0.2) is 25.8 Å². The SMILES string of the molecule is CCOCCC(CNC1CC1)c1ccccc1F. The first kappa shape index (κ1) is 13.5. The Morgan fingerprint density at radius 2 is 2.17 bits per heavy atom. The largest absolute Gasteiger partial charge is 0.382 e. The van der Waals surface area contributed by atoms with Crippen molar-refractivity contribution in [1.82, 2.24) is 5.32 Å². The van der Waals surface area contributed by atoms with E-state index in [2.05, 4.69) is 5.32 Å². The topological polar surface area (TPSA) is 21.3 Å². The fraction of sp³-hybridized carbons (Fsp3) is 0.600. The van der Waals surface area contributed by atoms with Gasteiger partial charge in [0.15, 0.2) is 0 Å². The number of nitrogens with one attached hydrogen (secondary N) is 1. The first-order chi connectivity index (χ1) is 8.81. The minimum Gasteiger partial charge on any atom is -0.382 e. The van der Waals surface area contributed by atoms with Gasteiger partial charge in [-0.15, -0.1) is 0 Å². The monoisotopic (exact) mass is 251 g/mol. The summed E-state index contributed by atoms with van der Waals surface area (Å²) < 4.78 is 19.2. The van der Waals surface area contributed by atoms with Crippen molar-refractivity contribution in [2.24, 2.45) is 0 Å². The predicted molar refractivity (Wildman–Crippen MR) is 71.3 cm³/mol. The van der Waals surface area contributed by atoms with Crippen LogP contribution in [0.1, 0.15) is 37.7 Å². The Hall–Kier alpha value is -0.930. The summed E-state index contributed by atoms with van der Waals surface area (Å²) in [4.78, 5) is 0. The predicted octanol–water partition coefficient (Wildman–Crippen LogP) is 3.09. The van der Waals surface area contributed by atoms with Crippen LogP contribution in [0, 0.1) is 5.82 Å². The molecule has 1 aromatic carbocycles. The van der Waals surface area contributed by atoms with Gasteiger partial charge in [-0.3, -0.25) is 0 Å².